The van der Waals surface area contributed by atoms with Gasteiger partial charge < -0.3 is 15.1 Å². The van der Waals surface area contributed by atoms with Gasteiger partial charge in [-0.15, -0.1) is 0 Å². The first-order valence-corrected chi connectivity index (χ1v) is 8.80. The average molecular weight is 385 g/mol. The van der Waals surface area contributed by atoms with Gasteiger partial charge >= 0.3 is 0 Å². The molecule has 0 radical (unpaired) electrons. The molecule has 3 rings (SSSR count). The predicted octanol–water partition coefficient (Wildman–Crippen LogP) is 3.93. The Balaban J connectivity index is 1.82. The molecule has 1 heterocycles. The van der Waals surface area contributed by atoms with E-state index in [1.54, 1.807) is 6.20 Å². The Labute approximate surface area is 162 Å². The summed E-state index contributed by atoms with van der Waals surface area (Å²) in [6, 6.07) is 9.14. The van der Waals surface area contributed by atoms with Gasteiger partial charge in [-0.3, -0.25) is 9.59 Å². The molecule has 1 N–H and O–H groups in total. The monoisotopic (exact) mass is 385 g/mol. The van der Waals surface area contributed by atoms with E-state index >= 15 is 0 Å². The average Bonchev–Trinajstić information content (AvgIpc) is 2.60. The minimum atomic E-state index is -0.767. The molecule has 0 fully saturated rings. The lowest BCUT2D eigenvalue weighted by Crippen LogP contribution is -2.33. The Hall–Kier alpha value is -3.22. The lowest BCUT2D eigenvalue weighted by Gasteiger charge is -2.32. The van der Waals surface area contributed by atoms with Crippen molar-refractivity contribution in [3.63, 3.8) is 0 Å². The molecule has 1 atom stereocenters. The largest absolute Gasteiger partial charge is 0.373 e. The van der Waals surface area contributed by atoms with Crippen LogP contribution in [0.15, 0.2) is 42.6 Å². The van der Waals surface area contributed by atoms with Gasteiger partial charge in [0, 0.05) is 32.9 Å². The van der Waals surface area contributed by atoms with Crippen LogP contribution in [0.3, 0.4) is 0 Å². The van der Waals surface area contributed by atoms with Crippen molar-refractivity contribution in [2.75, 3.05) is 24.3 Å². The number of benzene rings is 2. The van der Waals surface area contributed by atoms with Crippen LogP contribution in [-0.4, -0.2) is 30.8 Å². The molecule has 1 aliphatic rings. The standard InChI is InChI=1S/C21H21F2N3O2/c1-13(27)26-9-8-14-6-4-5-7-16(14)19(26)12-20(28)24-15-10-17(22)21(25(2)3)18(23)11-15/h4-11,19H,12H2,1-3H3,(H,24,28)/t19-/m1/s1. The maximum atomic E-state index is 14.1. The van der Waals surface area contributed by atoms with Crippen molar-refractivity contribution >= 4 is 29.3 Å². The number of amides is 2. The van der Waals surface area contributed by atoms with Gasteiger partial charge in [-0.2, -0.15) is 0 Å². The first-order chi connectivity index (χ1) is 13.3. The summed E-state index contributed by atoms with van der Waals surface area (Å²) >= 11 is 0. The molecule has 2 aromatic carbocycles. The Morgan fingerprint density at radius 2 is 1.79 bits per heavy atom. The molecule has 5 nitrogen and oxygen atoms in total. The first-order valence-electron chi connectivity index (χ1n) is 8.80. The highest BCUT2D eigenvalue weighted by atomic mass is 19.1. The molecule has 0 aliphatic carbocycles. The normalized spacial score (nSPS) is 15.2. The molecular weight excluding hydrogens is 364 g/mol. The van der Waals surface area contributed by atoms with Crippen molar-refractivity contribution < 1.29 is 18.4 Å². The Morgan fingerprint density at radius 3 is 2.39 bits per heavy atom. The van der Waals surface area contributed by atoms with Gasteiger partial charge in [0.05, 0.1) is 12.5 Å². The smallest absolute Gasteiger partial charge is 0.226 e. The van der Waals surface area contributed by atoms with E-state index in [9.17, 15) is 18.4 Å². The number of carbonyl (C=O) groups is 2. The fourth-order valence-corrected chi connectivity index (χ4v) is 3.37. The first kappa shape index (κ1) is 19.5. The maximum Gasteiger partial charge on any atom is 0.226 e. The third-order valence-electron chi connectivity index (χ3n) is 4.60. The zero-order chi connectivity index (χ0) is 20.4. The van der Waals surface area contributed by atoms with E-state index in [-0.39, 0.29) is 23.7 Å². The number of nitrogens with one attached hydrogen (secondary N) is 1. The van der Waals surface area contributed by atoms with E-state index in [1.165, 1.54) is 30.8 Å². The highest BCUT2D eigenvalue weighted by molar-refractivity contribution is 5.92. The number of rotatable bonds is 4. The van der Waals surface area contributed by atoms with E-state index in [0.717, 1.165) is 23.3 Å². The number of fused-ring (bicyclic) bond motifs is 1. The van der Waals surface area contributed by atoms with Gasteiger partial charge in [0.25, 0.3) is 0 Å². The summed E-state index contributed by atoms with van der Waals surface area (Å²) in [7, 11) is 3.06. The van der Waals surface area contributed by atoms with Gasteiger partial charge in [0.2, 0.25) is 11.8 Å². The fourth-order valence-electron chi connectivity index (χ4n) is 3.37. The second-order valence-electron chi connectivity index (χ2n) is 6.82. The molecule has 0 bridgehead atoms. The lowest BCUT2D eigenvalue weighted by atomic mass is 9.93. The molecule has 7 heteroatoms. The van der Waals surface area contributed by atoms with E-state index in [0.29, 0.717) is 0 Å². The summed E-state index contributed by atoms with van der Waals surface area (Å²) in [4.78, 5) is 27.4. The van der Waals surface area contributed by atoms with Crippen molar-refractivity contribution in [3.05, 3.63) is 65.4 Å². The summed E-state index contributed by atoms with van der Waals surface area (Å²) in [5, 5.41) is 2.53. The van der Waals surface area contributed by atoms with Crippen molar-refractivity contribution in [2.45, 2.75) is 19.4 Å². The Kier molecular flexibility index (Phi) is 5.44. The second-order valence-corrected chi connectivity index (χ2v) is 6.82. The SMILES string of the molecule is CC(=O)N1C=Cc2ccccc2[C@H]1CC(=O)Nc1cc(F)c(N(C)C)c(F)c1. The van der Waals surface area contributed by atoms with Crippen LogP contribution >= 0.6 is 0 Å². The van der Waals surface area contributed by atoms with Crippen molar-refractivity contribution in [3.8, 4) is 0 Å². The molecule has 0 spiro atoms. The van der Waals surface area contributed by atoms with Crippen LogP contribution in [0.5, 0.6) is 0 Å². The summed E-state index contributed by atoms with van der Waals surface area (Å²) < 4.78 is 28.3. The van der Waals surface area contributed by atoms with Crippen LogP contribution in [0.1, 0.15) is 30.5 Å². The quantitative estimate of drug-likeness (QED) is 0.868. The van der Waals surface area contributed by atoms with Crippen LogP contribution in [0.2, 0.25) is 0 Å². The van der Waals surface area contributed by atoms with Gasteiger partial charge in [0.15, 0.2) is 11.6 Å². The second kappa shape index (κ2) is 7.80. The van der Waals surface area contributed by atoms with E-state index in [4.69, 9.17) is 0 Å². The molecule has 1 aliphatic heterocycles. The minimum Gasteiger partial charge on any atom is -0.373 e. The lowest BCUT2D eigenvalue weighted by molar-refractivity contribution is -0.129. The summed E-state index contributed by atoms with van der Waals surface area (Å²) in [6.07, 6.45) is 3.42. The van der Waals surface area contributed by atoms with Crippen LogP contribution < -0.4 is 10.2 Å². The van der Waals surface area contributed by atoms with Crippen molar-refractivity contribution in [1.82, 2.24) is 4.90 Å². The highest BCUT2D eigenvalue weighted by Gasteiger charge is 2.28. The summed E-state index contributed by atoms with van der Waals surface area (Å²) in [5.41, 5.74) is 1.62. The maximum absolute atomic E-state index is 14.1. The zero-order valence-corrected chi connectivity index (χ0v) is 15.9. The summed E-state index contributed by atoms with van der Waals surface area (Å²) in [6.45, 7) is 1.42. The molecule has 0 saturated carbocycles. The highest BCUT2D eigenvalue weighted by Crippen LogP contribution is 2.33. The number of carbonyl (C=O) groups excluding carboxylic acids is 2. The molecule has 28 heavy (non-hydrogen) atoms. The molecule has 2 aromatic rings. The number of hydrogen-bond acceptors (Lipinski definition) is 3. The Morgan fingerprint density at radius 1 is 1.14 bits per heavy atom. The zero-order valence-electron chi connectivity index (χ0n) is 15.9. The van der Waals surface area contributed by atoms with Crippen molar-refractivity contribution in [1.29, 1.82) is 0 Å². The molecule has 0 saturated heterocycles. The van der Waals surface area contributed by atoms with E-state index < -0.39 is 23.6 Å². The van der Waals surface area contributed by atoms with Crippen LogP contribution in [-0.2, 0) is 9.59 Å². The molecule has 0 aromatic heterocycles. The number of nitrogens with zero attached hydrogens (tertiary/aromatic N) is 2. The van der Waals surface area contributed by atoms with Gasteiger partial charge in [-0.1, -0.05) is 24.3 Å². The van der Waals surface area contributed by atoms with Crippen LogP contribution in [0.25, 0.3) is 6.08 Å². The minimum absolute atomic E-state index is 0.0274. The third kappa shape index (κ3) is 3.88. The number of anilines is 2. The Bertz CT molecular complexity index is 933. The third-order valence-corrected chi connectivity index (χ3v) is 4.60. The van der Waals surface area contributed by atoms with Gasteiger partial charge in [-0.05, 0) is 29.3 Å². The van der Waals surface area contributed by atoms with E-state index in [1.807, 2.05) is 30.3 Å². The molecule has 146 valence electrons. The van der Waals surface area contributed by atoms with E-state index in [2.05, 4.69) is 5.32 Å². The molecular formula is C21H21F2N3O2. The van der Waals surface area contributed by atoms with Crippen molar-refractivity contribution in [2.24, 2.45) is 0 Å². The predicted molar refractivity (Wildman–Crippen MR) is 105 cm³/mol. The molecule has 0 unspecified atom stereocenters. The number of halogens is 2. The number of hydrogen-bond donors (Lipinski definition) is 1. The van der Waals surface area contributed by atoms with Gasteiger partial charge in [0.1, 0.15) is 5.69 Å². The van der Waals surface area contributed by atoms with Crippen LogP contribution in [0.4, 0.5) is 20.2 Å². The fraction of sp³-hybridized carbons (Fsp3) is 0.238. The van der Waals surface area contributed by atoms with Crippen LogP contribution in [0, 0.1) is 11.6 Å². The van der Waals surface area contributed by atoms with Gasteiger partial charge in [-0.25, -0.2) is 8.78 Å². The summed E-state index contributed by atoms with van der Waals surface area (Å²) in [5.74, 6) is -2.18. The molecule has 2 amide bonds. The topological polar surface area (TPSA) is 52.7 Å².